The summed E-state index contributed by atoms with van der Waals surface area (Å²) < 4.78 is 0. The Morgan fingerprint density at radius 1 is 0.857 bits per heavy atom. The fourth-order valence-electron chi connectivity index (χ4n) is 0.289. The molecule has 0 aliphatic rings. The van der Waals surface area contributed by atoms with Crippen LogP contribution in [0.25, 0.3) is 0 Å². The summed E-state index contributed by atoms with van der Waals surface area (Å²) in [4.78, 5) is 0. The summed E-state index contributed by atoms with van der Waals surface area (Å²) in [7, 11) is 0. The molecule has 0 saturated heterocycles. The zero-order chi connectivity index (χ0) is 4.83. The largest absolute Gasteiger partial charge is 0.330 e. The number of hydrogen-bond acceptors (Lipinski definition) is 2. The second-order valence-electron chi connectivity index (χ2n) is 1.28. The van der Waals surface area contributed by atoms with E-state index in [1.54, 1.807) is 0 Å². The molecule has 0 heterocycles. The van der Waals surface area contributed by atoms with Gasteiger partial charge in [0.2, 0.25) is 0 Å². The smallest absolute Gasteiger partial charge is 0 e. The molecule has 1 radical (unpaired) electrons. The van der Waals surface area contributed by atoms with Crippen LogP contribution in [0.1, 0.15) is 12.8 Å². The van der Waals surface area contributed by atoms with Crippen molar-refractivity contribution >= 4 is 0 Å². The van der Waals surface area contributed by atoms with Crippen molar-refractivity contribution < 1.29 is 49.4 Å². The van der Waals surface area contributed by atoms with Crippen LogP contribution in [0.3, 0.4) is 0 Å². The second-order valence-corrected chi connectivity index (χ2v) is 1.28. The van der Waals surface area contributed by atoms with E-state index in [0.717, 1.165) is 25.9 Å². The van der Waals surface area contributed by atoms with Gasteiger partial charge in [-0.3, -0.25) is 0 Å². The molecule has 0 saturated carbocycles. The van der Waals surface area contributed by atoms with Crippen molar-refractivity contribution in [2.24, 2.45) is 11.5 Å². The van der Waals surface area contributed by atoms with Gasteiger partial charge in [0.25, 0.3) is 0 Å². The zero-order valence-electron chi connectivity index (χ0n) is 4.36. The monoisotopic (exact) mass is 241 g/mol. The van der Waals surface area contributed by atoms with Gasteiger partial charge in [0.15, 0.2) is 0 Å². The van der Waals surface area contributed by atoms with Crippen LogP contribution in [0.2, 0.25) is 0 Å². The molecule has 0 amide bonds. The number of unbranched alkanes of at least 4 members (excludes halogenated alkanes) is 1. The van der Waals surface area contributed by atoms with Crippen LogP contribution in [0.5, 0.6) is 0 Å². The summed E-state index contributed by atoms with van der Waals surface area (Å²) in [6, 6.07) is 0. The van der Waals surface area contributed by atoms with Gasteiger partial charge in [-0.15, -0.1) is 0 Å². The third kappa shape index (κ3) is 11.2. The van der Waals surface area contributed by atoms with Crippen molar-refractivity contribution in [3.05, 3.63) is 0 Å². The Labute approximate surface area is 85.6 Å². The van der Waals surface area contributed by atoms with E-state index in [1.807, 2.05) is 0 Å². The van der Waals surface area contributed by atoms with Crippen molar-refractivity contribution in [2.45, 2.75) is 12.8 Å². The molecule has 0 rings (SSSR count). The van der Waals surface area contributed by atoms with Gasteiger partial charge in [0, 0.05) is 49.4 Å². The van der Waals surface area contributed by atoms with Gasteiger partial charge >= 0.3 is 0 Å². The van der Waals surface area contributed by atoms with Gasteiger partial charge in [-0.1, -0.05) is 0 Å². The average Bonchev–Trinajstić information content (AvgIpc) is 1.61. The molecule has 0 bridgehead atoms. The van der Waals surface area contributed by atoms with Crippen molar-refractivity contribution in [1.29, 1.82) is 0 Å². The van der Waals surface area contributed by atoms with E-state index in [2.05, 4.69) is 0 Å². The first-order chi connectivity index (χ1) is 2.91. The Balaban J connectivity index is 0. The van der Waals surface area contributed by atoms with Gasteiger partial charge in [0.05, 0.1) is 0 Å². The van der Waals surface area contributed by atoms with Gasteiger partial charge in [0.1, 0.15) is 0 Å². The molecule has 0 aliphatic carbocycles. The standard InChI is InChI=1S/C4H12N2.Eu/c5-3-1-2-4-6;/h1-6H2;. The van der Waals surface area contributed by atoms with E-state index >= 15 is 0 Å². The molecule has 0 spiro atoms. The summed E-state index contributed by atoms with van der Waals surface area (Å²) in [5.41, 5.74) is 10.3. The fourth-order valence-corrected chi connectivity index (χ4v) is 0.289. The summed E-state index contributed by atoms with van der Waals surface area (Å²) in [6.07, 6.45) is 2.13. The molecule has 0 aromatic rings. The molecular weight excluding hydrogens is 228 g/mol. The maximum atomic E-state index is 5.16. The third-order valence-corrected chi connectivity index (χ3v) is 0.658. The summed E-state index contributed by atoms with van der Waals surface area (Å²) in [5.74, 6) is 0. The summed E-state index contributed by atoms with van der Waals surface area (Å²) >= 11 is 0. The minimum atomic E-state index is 0. The first kappa shape index (κ1) is 11.3. The maximum Gasteiger partial charge on any atom is 0 e. The van der Waals surface area contributed by atoms with Crippen molar-refractivity contribution in [1.82, 2.24) is 0 Å². The maximum absolute atomic E-state index is 5.16. The molecule has 0 fully saturated rings. The normalized spacial score (nSPS) is 7.71. The molecule has 0 atom stereocenters. The van der Waals surface area contributed by atoms with Gasteiger partial charge in [-0.2, -0.15) is 0 Å². The van der Waals surface area contributed by atoms with Gasteiger partial charge in [-0.25, -0.2) is 0 Å². The Morgan fingerprint density at radius 2 is 1.14 bits per heavy atom. The molecule has 2 nitrogen and oxygen atoms in total. The fraction of sp³-hybridized carbons (Fsp3) is 1.00. The van der Waals surface area contributed by atoms with Crippen LogP contribution in [-0.4, -0.2) is 13.1 Å². The SMILES string of the molecule is NCCCCN.[Eu]. The summed E-state index contributed by atoms with van der Waals surface area (Å²) in [5, 5.41) is 0. The zero-order valence-corrected chi connectivity index (χ0v) is 6.79. The van der Waals surface area contributed by atoms with E-state index in [9.17, 15) is 0 Å². The van der Waals surface area contributed by atoms with Crippen molar-refractivity contribution in [3.8, 4) is 0 Å². The van der Waals surface area contributed by atoms with E-state index in [4.69, 9.17) is 11.5 Å². The van der Waals surface area contributed by atoms with Gasteiger partial charge in [-0.05, 0) is 25.9 Å². The van der Waals surface area contributed by atoms with E-state index < -0.39 is 0 Å². The Morgan fingerprint density at radius 3 is 1.29 bits per heavy atom. The van der Waals surface area contributed by atoms with Crippen LogP contribution in [0.15, 0.2) is 0 Å². The van der Waals surface area contributed by atoms with Crippen LogP contribution >= 0.6 is 0 Å². The molecule has 0 aromatic heterocycles. The van der Waals surface area contributed by atoms with Crippen LogP contribution in [-0.2, 0) is 0 Å². The summed E-state index contributed by atoms with van der Waals surface area (Å²) in [6.45, 7) is 1.55. The molecule has 7 heavy (non-hydrogen) atoms. The Hall–Kier alpha value is 1.50. The number of rotatable bonds is 3. The van der Waals surface area contributed by atoms with Crippen LogP contribution in [0.4, 0.5) is 0 Å². The van der Waals surface area contributed by atoms with Crippen molar-refractivity contribution in [2.75, 3.05) is 13.1 Å². The Kier molecular flexibility index (Phi) is 16.9. The second kappa shape index (κ2) is 10.5. The molecule has 0 aromatic carbocycles. The van der Waals surface area contributed by atoms with E-state index in [1.165, 1.54) is 0 Å². The molecule has 45 valence electrons. The molecule has 0 unspecified atom stereocenters. The van der Waals surface area contributed by atoms with Gasteiger partial charge < -0.3 is 11.5 Å². The molecular formula is C4H12EuN2. The topological polar surface area (TPSA) is 52.0 Å². The predicted octanol–water partition coefficient (Wildman–Crippen LogP) is -0.316. The predicted molar refractivity (Wildman–Crippen MR) is 27.3 cm³/mol. The average molecular weight is 240 g/mol. The molecule has 3 heteroatoms. The van der Waals surface area contributed by atoms with Crippen LogP contribution < -0.4 is 11.5 Å². The van der Waals surface area contributed by atoms with Crippen LogP contribution in [0, 0.1) is 49.4 Å². The first-order valence-corrected chi connectivity index (χ1v) is 2.32. The number of hydrogen-bond donors (Lipinski definition) is 2. The third-order valence-electron chi connectivity index (χ3n) is 0.658. The first-order valence-electron chi connectivity index (χ1n) is 2.32. The van der Waals surface area contributed by atoms with Crippen molar-refractivity contribution in [3.63, 3.8) is 0 Å². The Bertz CT molecular complexity index is 21.7. The molecule has 4 N–H and O–H groups in total. The van der Waals surface area contributed by atoms with E-state index in [-0.39, 0.29) is 49.4 Å². The quantitative estimate of drug-likeness (QED) is 0.664. The minimum Gasteiger partial charge on any atom is -0.330 e. The molecule has 0 aliphatic heterocycles. The minimum absolute atomic E-state index is 0. The number of nitrogens with two attached hydrogens (primary N) is 2. The van der Waals surface area contributed by atoms with E-state index in [0.29, 0.717) is 0 Å².